The Morgan fingerprint density at radius 1 is 1.38 bits per heavy atom. The number of rotatable bonds is 7. The third kappa shape index (κ3) is 4.14. The van der Waals surface area contributed by atoms with Crippen LogP contribution in [0, 0.1) is 5.82 Å². The van der Waals surface area contributed by atoms with Crippen molar-refractivity contribution in [2.45, 2.75) is 32.2 Å². The van der Waals surface area contributed by atoms with Gasteiger partial charge in [-0.1, -0.05) is 19.1 Å². The van der Waals surface area contributed by atoms with E-state index in [-0.39, 0.29) is 11.9 Å². The highest BCUT2D eigenvalue weighted by molar-refractivity contribution is 9.10. The van der Waals surface area contributed by atoms with Crippen LogP contribution in [0.3, 0.4) is 0 Å². The molecule has 21 heavy (non-hydrogen) atoms. The highest BCUT2D eigenvalue weighted by atomic mass is 79.9. The Hall–Kier alpha value is -1.20. The van der Waals surface area contributed by atoms with Crippen molar-refractivity contribution in [1.29, 1.82) is 0 Å². The van der Waals surface area contributed by atoms with Crippen molar-refractivity contribution in [3.05, 3.63) is 52.0 Å². The van der Waals surface area contributed by atoms with E-state index >= 15 is 0 Å². The van der Waals surface area contributed by atoms with Gasteiger partial charge in [0.2, 0.25) is 0 Å². The smallest absolute Gasteiger partial charge is 0.142 e. The lowest BCUT2D eigenvalue weighted by atomic mass is 10.00. The van der Waals surface area contributed by atoms with Gasteiger partial charge in [0.1, 0.15) is 5.82 Å². The van der Waals surface area contributed by atoms with Crippen LogP contribution in [0.15, 0.2) is 34.9 Å². The molecule has 0 saturated heterocycles. The van der Waals surface area contributed by atoms with Gasteiger partial charge in [0.25, 0.3) is 0 Å². The topological polar surface area (TPSA) is 29.9 Å². The third-order valence-corrected chi connectivity index (χ3v) is 4.22. The Kier molecular flexibility index (Phi) is 5.94. The fraction of sp³-hybridized carbons (Fsp3) is 0.438. The lowest BCUT2D eigenvalue weighted by molar-refractivity contribution is 0.467. The predicted octanol–water partition coefficient (Wildman–Crippen LogP) is 4.00. The van der Waals surface area contributed by atoms with Crippen LogP contribution in [0.5, 0.6) is 0 Å². The third-order valence-electron chi connectivity index (χ3n) is 3.61. The van der Waals surface area contributed by atoms with E-state index in [1.54, 1.807) is 12.3 Å². The summed E-state index contributed by atoms with van der Waals surface area (Å²) in [5.74, 6) is -0.170. The molecule has 0 aliphatic carbocycles. The molecule has 0 spiro atoms. The minimum Gasteiger partial charge on any atom is -0.310 e. The lowest BCUT2D eigenvalue weighted by Gasteiger charge is -2.20. The molecule has 1 aromatic heterocycles. The van der Waals surface area contributed by atoms with Crippen molar-refractivity contribution < 1.29 is 4.39 Å². The normalized spacial score (nSPS) is 12.6. The van der Waals surface area contributed by atoms with Crippen LogP contribution in [-0.4, -0.2) is 16.3 Å². The first-order valence-corrected chi connectivity index (χ1v) is 8.07. The molecule has 1 aromatic carbocycles. The summed E-state index contributed by atoms with van der Waals surface area (Å²) in [7, 11) is 1.93. The zero-order valence-electron chi connectivity index (χ0n) is 12.4. The van der Waals surface area contributed by atoms with Gasteiger partial charge in [-0.3, -0.25) is 4.68 Å². The number of hydrogen-bond acceptors (Lipinski definition) is 2. The first-order valence-electron chi connectivity index (χ1n) is 7.27. The van der Waals surface area contributed by atoms with E-state index in [1.165, 1.54) is 0 Å². The van der Waals surface area contributed by atoms with Crippen molar-refractivity contribution in [2.75, 3.05) is 6.54 Å². The summed E-state index contributed by atoms with van der Waals surface area (Å²) in [6.07, 6.45) is 4.53. The van der Waals surface area contributed by atoms with Gasteiger partial charge in [0.15, 0.2) is 0 Å². The second-order valence-corrected chi connectivity index (χ2v) is 5.99. The van der Waals surface area contributed by atoms with Crippen molar-refractivity contribution in [1.82, 2.24) is 15.1 Å². The molecule has 0 fully saturated rings. The van der Waals surface area contributed by atoms with Crippen LogP contribution < -0.4 is 5.32 Å². The van der Waals surface area contributed by atoms with Gasteiger partial charge in [-0.15, -0.1) is 0 Å². The SMILES string of the molecule is CCCNC(CCc1ccnn1C)c1cccc(Br)c1F. The highest BCUT2D eigenvalue weighted by Gasteiger charge is 2.17. The molecule has 1 N–H and O–H groups in total. The van der Waals surface area contributed by atoms with Crippen molar-refractivity contribution in [3.63, 3.8) is 0 Å². The quantitative estimate of drug-likeness (QED) is 0.815. The summed E-state index contributed by atoms with van der Waals surface area (Å²) in [6.45, 7) is 2.99. The number of nitrogens with zero attached hydrogens (tertiary/aromatic N) is 2. The number of aromatic nitrogens is 2. The maximum atomic E-state index is 14.3. The van der Waals surface area contributed by atoms with Crippen LogP contribution in [-0.2, 0) is 13.5 Å². The molecule has 114 valence electrons. The molecule has 0 bridgehead atoms. The van der Waals surface area contributed by atoms with Crippen molar-refractivity contribution in [3.8, 4) is 0 Å². The highest BCUT2D eigenvalue weighted by Crippen LogP contribution is 2.26. The molecule has 1 unspecified atom stereocenters. The van der Waals surface area contributed by atoms with E-state index in [2.05, 4.69) is 33.3 Å². The molecule has 2 aromatic rings. The van der Waals surface area contributed by atoms with Gasteiger partial charge < -0.3 is 5.32 Å². The Morgan fingerprint density at radius 2 is 2.19 bits per heavy atom. The van der Waals surface area contributed by atoms with E-state index in [4.69, 9.17) is 0 Å². The molecule has 2 rings (SSSR count). The zero-order chi connectivity index (χ0) is 15.2. The van der Waals surface area contributed by atoms with Crippen molar-refractivity contribution in [2.24, 2.45) is 7.05 Å². The van der Waals surface area contributed by atoms with Crippen LogP contribution in [0.25, 0.3) is 0 Å². The first kappa shape index (κ1) is 16.2. The molecule has 0 amide bonds. The van der Waals surface area contributed by atoms with Crippen LogP contribution in [0.4, 0.5) is 4.39 Å². The molecular weight excluding hydrogens is 333 g/mol. The molecule has 5 heteroatoms. The summed E-state index contributed by atoms with van der Waals surface area (Å²) in [4.78, 5) is 0. The van der Waals surface area contributed by atoms with Crippen molar-refractivity contribution >= 4 is 15.9 Å². The van der Waals surface area contributed by atoms with Crippen LogP contribution in [0.2, 0.25) is 0 Å². The zero-order valence-corrected chi connectivity index (χ0v) is 14.0. The molecular formula is C16H21BrFN3. The molecule has 3 nitrogen and oxygen atoms in total. The van der Waals surface area contributed by atoms with E-state index in [0.717, 1.165) is 37.1 Å². The predicted molar refractivity (Wildman–Crippen MR) is 86.7 cm³/mol. The van der Waals surface area contributed by atoms with Gasteiger partial charge in [0, 0.05) is 30.5 Å². The maximum Gasteiger partial charge on any atom is 0.142 e. The molecule has 1 heterocycles. The number of aryl methyl sites for hydroxylation is 2. The van der Waals surface area contributed by atoms with E-state index < -0.39 is 0 Å². The number of hydrogen-bond donors (Lipinski definition) is 1. The molecule has 0 aliphatic rings. The maximum absolute atomic E-state index is 14.3. The van der Waals surface area contributed by atoms with Crippen LogP contribution in [0.1, 0.15) is 37.1 Å². The average molecular weight is 354 g/mol. The minimum atomic E-state index is -0.170. The molecule has 0 radical (unpaired) electrons. The van der Waals surface area contributed by atoms with E-state index in [0.29, 0.717) is 4.47 Å². The number of benzene rings is 1. The molecule has 1 atom stereocenters. The average Bonchev–Trinajstić information content (AvgIpc) is 2.88. The fourth-order valence-corrected chi connectivity index (χ4v) is 2.80. The van der Waals surface area contributed by atoms with Crippen LogP contribution >= 0.6 is 15.9 Å². The van der Waals surface area contributed by atoms with Gasteiger partial charge in [-0.05, 0) is 53.9 Å². The van der Waals surface area contributed by atoms with Gasteiger partial charge in [-0.25, -0.2) is 4.39 Å². The Morgan fingerprint density at radius 3 is 2.86 bits per heavy atom. The fourth-order valence-electron chi connectivity index (χ4n) is 2.41. The summed E-state index contributed by atoms with van der Waals surface area (Å²) in [5, 5.41) is 7.62. The van der Waals surface area contributed by atoms with Gasteiger partial charge in [-0.2, -0.15) is 5.10 Å². The number of halogens is 2. The monoisotopic (exact) mass is 353 g/mol. The Balaban J connectivity index is 2.14. The Bertz CT molecular complexity index is 583. The van der Waals surface area contributed by atoms with E-state index in [1.807, 2.05) is 29.9 Å². The molecule has 0 saturated carbocycles. The van der Waals surface area contributed by atoms with Gasteiger partial charge in [0.05, 0.1) is 4.47 Å². The summed E-state index contributed by atoms with van der Waals surface area (Å²) in [5.41, 5.74) is 1.88. The largest absolute Gasteiger partial charge is 0.310 e. The minimum absolute atomic E-state index is 0.0114. The summed E-state index contributed by atoms with van der Waals surface area (Å²) < 4.78 is 16.7. The second kappa shape index (κ2) is 7.71. The summed E-state index contributed by atoms with van der Waals surface area (Å²) >= 11 is 3.27. The number of nitrogens with one attached hydrogen (secondary N) is 1. The molecule has 0 aliphatic heterocycles. The first-order chi connectivity index (χ1) is 10.1. The van der Waals surface area contributed by atoms with E-state index in [9.17, 15) is 4.39 Å². The lowest BCUT2D eigenvalue weighted by Crippen LogP contribution is -2.24. The Labute approximate surface area is 133 Å². The standard InChI is InChI=1S/C16H21BrFN3/c1-3-10-19-15(8-7-12-9-11-20-21(12)2)13-5-4-6-14(17)16(13)18/h4-6,9,11,15,19H,3,7-8,10H2,1-2H3. The second-order valence-electron chi connectivity index (χ2n) is 5.13. The summed E-state index contributed by atoms with van der Waals surface area (Å²) in [6, 6.07) is 7.49. The van der Waals surface area contributed by atoms with Gasteiger partial charge >= 0.3 is 0 Å².